The molecule has 16 heavy (non-hydrogen) atoms. The van der Waals surface area contributed by atoms with Crippen LogP contribution in [0.4, 0.5) is 0 Å². The van der Waals surface area contributed by atoms with Crippen molar-refractivity contribution >= 4 is 38.5 Å². The Morgan fingerprint density at radius 3 is 2.81 bits per heavy atom. The summed E-state index contributed by atoms with van der Waals surface area (Å²) in [6, 6.07) is 8.75. The van der Waals surface area contributed by atoms with Crippen molar-refractivity contribution in [3.63, 3.8) is 0 Å². The van der Waals surface area contributed by atoms with E-state index >= 15 is 0 Å². The van der Waals surface area contributed by atoms with Crippen LogP contribution in [0.5, 0.6) is 0 Å². The molecule has 1 saturated heterocycles. The van der Waals surface area contributed by atoms with Gasteiger partial charge in [-0.15, -0.1) is 0 Å². The number of rotatable bonds is 3. The predicted molar refractivity (Wildman–Crippen MR) is 78.0 cm³/mol. The van der Waals surface area contributed by atoms with Gasteiger partial charge in [-0.2, -0.15) is 0 Å². The van der Waals surface area contributed by atoms with E-state index in [0.29, 0.717) is 6.10 Å². The van der Waals surface area contributed by atoms with Gasteiger partial charge in [0.25, 0.3) is 0 Å². The van der Waals surface area contributed by atoms with E-state index in [9.17, 15) is 0 Å². The van der Waals surface area contributed by atoms with E-state index < -0.39 is 0 Å². The second-order valence-electron chi connectivity index (χ2n) is 4.01. The third kappa shape index (κ3) is 3.68. The summed E-state index contributed by atoms with van der Waals surface area (Å²) in [5.41, 5.74) is 1.38. The molecule has 1 aliphatic rings. The Morgan fingerprint density at radius 2 is 2.12 bits per heavy atom. The lowest BCUT2D eigenvalue weighted by Crippen LogP contribution is -2.42. The highest BCUT2D eigenvalue weighted by molar-refractivity contribution is 14.1. The molecule has 2 nitrogen and oxygen atoms in total. The maximum Gasteiger partial charge on any atom is 0.0799 e. The Hall–Kier alpha value is 0.350. The van der Waals surface area contributed by atoms with Crippen LogP contribution in [0.1, 0.15) is 5.56 Å². The van der Waals surface area contributed by atoms with Crippen LogP contribution in [0, 0.1) is 3.57 Å². The van der Waals surface area contributed by atoms with E-state index in [-0.39, 0.29) is 0 Å². The van der Waals surface area contributed by atoms with Gasteiger partial charge in [0.1, 0.15) is 0 Å². The van der Waals surface area contributed by atoms with Gasteiger partial charge in [-0.1, -0.05) is 28.1 Å². The molecule has 4 heteroatoms. The summed E-state index contributed by atoms with van der Waals surface area (Å²) in [5, 5.41) is 0.927. The molecule has 0 spiro atoms. The summed E-state index contributed by atoms with van der Waals surface area (Å²) in [6.07, 6.45) is 0.345. The monoisotopic (exact) mass is 395 g/mol. The summed E-state index contributed by atoms with van der Waals surface area (Å²) >= 11 is 5.82. The molecule has 0 amide bonds. The van der Waals surface area contributed by atoms with E-state index in [1.165, 1.54) is 9.13 Å². The van der Waals surface area contributed by atoms with Crippen LogP contribution < -0.4 is 0 Å². The molecule has 88 valence electrons. The number of alkyl halides is 1. The smallest absolute Gasteiger partial charge is 0.0799 e. The molecule has 0 aliphatic carbocycles. The average molecular weight is 396 g/mol. The van der Waals surface area contributed by atoms with Crippen molar-refractivity contribution in [3.8, 4) is 0 Å². The van der Waals surface area contributed by atoms with Gasteiger partial charge in [0.15, 0.2) is 0 Å². The first-order valence-corrected chi connectivity index (χ1v) is 7.62. The summed E-state index contributed by atoms with van der Waals surface area (Å²) < 4.78 is 6.92. The van der Waals surface area contributed by atoms with Gasteiger partial charge in [0, 0.05) is 28.5 Å². The number of hydrogen-bond acceptors (Lipinski definition) is 2. The molecule has 1 unspecified atom stereocenters. The second kappa shape index (κ2) is 6.33. The number of halogens is 2. The first-order valence-electron chi connectivity index (χ1n) is 5.42. The number of hydrogen-bond donors (Lipinski definition) is 0. The van der Waals surface area contributed by atoms with E-state index in [0.717, 1.165) is 31.6 Å². The Bertz CT molecular complexity index is 330. The lowest BCUT2D eigenvalue weighted by molar-refractivity contribution is -0.0181. The molecule has 0 radical (unpaired) electrons. The maximum atomic E-state index is 5.62. The van der Waals surface area contributed by atoms with E-state index in [2.05, 4.69) is 67.7 Å². The molecule has 0 saturated carbocycles. The highest BCUT2D eigenvalue weighted by atomic mass is 127. The van der Waals surface area contributed by atoms with Gasteiger partial charge >= 0.3 is 0 Å². The summed E-state index contributed by atoms with van der Waals surface area (Å²) in [5.74, 6) is 0. The molecule has 1 fully saturated rings. The molecule has 0 aromatic heterocycles. The van der Waals surface area contributed by atoms with Crippen LogP contribution in [-0.4, -0.2) is 36.0 Å². The summed E-state index contributed by atoms with van der Waals surface area (Å²) in [7, 11) is 0. The second-order valence-corrected chi connectivity index (χ2v) is 5.90. The lowest BCUT2D eigenvalue weighted by atomic mass is 10.2. The van der Waals surface area contributed by atoms with E-state index in [1.807, 2.05) is 0 Å². The molecule has 2 rings (SSSR count). The molecule has 1 aromatic carbocycles. The Morgan fingerprint density at radius 1 is 1.38 bits per heavy atom. The van der Waals surface area contributed by atoms with Crippen LogP contribution in [0.3, 0.4) is 0 Å². The Labute approximate surface area is 119 Å². The standard InChI is InChI=1S/C12H15BrINO/c13-7-12-9-15(5-6-16-12)8-10-1-3-11(14)4-2-10/h1-4,12H,5-9H2. The van der Waals surface area contributed by atoms with Crippen LogP contribution in [0.15, 0.2) is 24.3 Å². The van der Waals surface area contributed by atoms with Gasteiger partial charge in [0.05, 0.1) is 12.7 Å². The lowest BCUT2D eigenvalue weighted by Gasteiger charge is -2.32. The summed E-state index contributed by atoms with van der Waals surface area (Å²) in [4.78, 5) is 2.46. The minimum absolute atomic E-state index is 0.345. The first-order chi connectivity index (χ1) is 7.78. The van der Waals surface area contributed by atoms with Crippen LogP contribution in [-0.2, 0) is 11.3 Å². The number of morpholine rings is 1. The zero-order valence-electron chi connectivity index (χ0n) is 9.03. The number of benzene rings is 1. The van der Waals surface area contributed by atoms with E-state index in [4.69, 9.17) is 4.74 Å². The van der Waals surface area contributed by atoms with Crippen molar-refractivity contribution in [1.29, 1.82) is 0 Å². The van der Waals surface area contributed by atoms with Gasteiger partial charge in [-0.25, -0.2) is 0 Å². The molecule has 1 aromatic rings. The van der Waals surface area contributed by atoms with E-state index in [1.54, 1.807) is 0 Å². The third-order valence-corrected chi connectivity index (χ3v) is 4.16. The molecule has 1 atom stereocenters. The SMILES string of the molecule is BrCC1CN(Cc2ccc(I)cc2)CCO1. The minimum atomic E-state index is 0.345. The van der Waals surface area contributed by atoms with Crippen molar-refractivity contribution in [1.82, 2.24) is 4.90 Å². The molecule has 0 bridgehead atoms. The van der Waals surface area contributed by atoms with Gasteiger partial charge in [-0.3, -0.25) is 4.90 Å². The highest BCUT2D eigenvalue weighted by Gasteiger charge is 2.19. The quantitative estimate of drug-likeness (QED) is 0.576. The third-order valence-electron chi connectivity index (χ3n) is 2.71. The Kier molecular flexibility index (Phi) is 5.06. The zero-order valence-corrected chi connectivity index (χ0v) is 12.8. The first kappa shape index (κ1) is 12.8. The Balaban J connectivity index is 1.91. The normalized spacial score (nSPS) is 22.2. The van der Waals surface area contributed by atoms with Crippen molar-refractivity contribution < 1.29 is 4.74 Å². The van der Waals surface area contributed by atoms with Crippen LogP contribution >= 0.6 is 38.5 Å². The average Bonchev–Trinajstić information content (AvgIpc) is 2.32. The number of ether oxygens (including phenoxy) is 1. The molecular formula is C12H15BrINO. The fraction of sp³-hybridized carbons (Fsp3) is 0.500. The molecule has 0 N–H and O–H groups in total. The van der Waals surface area contributed by atoms with Gasteiger partial charge in [0.2, 0.25) is 0 Å². The predicted octanol–water partition coefficient (Wildman–Crippen LogP) is 2.89. The van der Waals surface area contributed by atoms with Crippen molar-refractivity contribution in [2.45, 2.75) is 12.6 Å². The number of nitrogens with zero attached hydrogens (tertiary/aromatic N) is 1. The van der Waals surface area contributed by atoms with Gasteiger partial charge in [-0.05, 0) is 40.3 Å². The van der Waals surface area contributed by atoms with Crippen molar-refractivity contribution in [2.75, 3.05) is 25.0 Å². The fourth-order valence-corrected chi connectivity index (χ4v) is 2.62. The van der Waals surface area contributed by atoms with Crippen LogP contribution in [0.2, 0.25) is 0 Å². The largest absolute Gasteiger partial charge is 0.375 e. The maximum absolute atomic E-state index is 5.62. The van der Waals surface area contributed by atoms with Gasteiger partial charge < -0.3 is 4.74 Å². The molecule has 1 aliphatic heterocycles. The summed E-state index contributed by atoms with van der Waals surface area (Å²) in [6.45, 7) is 3.94. The molecule has 1 heterocycles. The molecular weight excluding hydrogens is 381 g/mol. The van der Waals surface area contributed by atoms with Crippen molar-refractivity contribution in [2.24, 2.45) is 0 Å². The topological polar surface area (TPSA) is 12.5 Å². The minimum Gasteiger partial charge on any atom is -0.375 e. The zero-order chi connectivity index (χ0) is 11.4. The van der Waals surface area contributed by atoms with Crippen molar-refractivity contribution in [3.05, 3.63) is 33.4 Å². The van der Waals surface area contributed by atoms with Crippen LogP contribution in [0.25, 0.3) is 0 Å². The fourth-order valence-electron chi connectivity index (χ4n) is 1.87. The highest BCUT2D eigenvalue weighted by Crippen LogP contribution is 2.13.